The molecule has 8 nitrogen and oxygen atoms in total. The Labute approximate surface area is 158 Å². The first kappa shape index (κ1) is 20.8. The molecule has 0 radical (unpaired) electrons. The minimum atomic E-state index is -3.97. The van der Waals surface area contributed by atoms with Crippen LogP contribution in [0.4, 0.5) is 5.69 Å². The van der Waals surface area contributed by atoms with Gasteiger partial charge in [0, 0.05) is 0 Å². The Hall–Kier alpha value is -2.54. The lowest BCUT2D eigenvalue weighted by atomic mass is 10.3. The third kappa shape index (κ3) is 6.60. The second-order valence-corrected chi connectivity index (χ2v) is 7.58. The van der Waals surface area contributed by atoms with E-state index in [9.17, 15) is 9.36 Å². The van der Waals surface area contributed by atoms with Crippen LogP contribution in [0.25, 0.3) is 0 Å². The molecule has 0 saturated carbocycles. The summed E-state index contributed by atoms with van der Waals surface area (Å²) in [5.74, 6) is -0.0399. The molecule has 0 aliphatic heterocycles. The lowest BCUT2D eigenvalue weighted by Crippen LogP contribution is -2.36. The van der Waals surface area contributed by atoms with Gasteiger partial charge in [0.15, 0.2) is 0 Å². The number of hydrogen-bond acceptors (Lipinski definition) is 7. The zero-order valence-electron chi connectivity index (χ0n) is 15.3. The number of nitrogens with one attached hydrogen (secondary N) is 2. The van der Waals surface area contributed by atoms with Gasteiger partial charge in [-0.3, -0.25) is 15.5 Å². The molecule has 0 aliphatic carbocycles. The summed E-state index contributed by atoms with van der Waals surface area (Å²) in [6.07, 6.45) is -0.310. The SMILES string of the molecule is CC(C)OC(=O)[C@H](C)NP(=O)(Oc1ccccc1)Oc1ccc(NO)cc1. The van der Waals surface area contributed by atoms with Crippen LogP contribution in [0.15, 0.2) is 54.6 Å². The summed E-state index contributed by atoms with van der Waals surface area (Å²) >= 11 is 0. The molecule has 1 unspecified atom stereocenters. The van der Waals surface area contributed by atoms with Crippen molar-refractivity contribution in [1.82, 2.24) is 5.09 Å². The third-order valence-electron chi connectivity index (χ3n) is 3.23. The summed E-state index contributed by atoms with van der Waals surface area (Å²) in [5, 5.41) is 11.5. The highest BCUT2D eigenvalue weighted by molar-refractivity contribution is 7.52. The molecule has 0 spiro atoms. The lowest BCUT2D eigenvalue weighted by molar-refractivity contribution is -0.149. The van der Waals surface area contributed by atoms with Crippen molar-refractivity contribution in [2.24, 2.45) is 0 Å². The van der Waals surface area contributed by atoms with Gasteiger partial charge in [-0.1, -0.05) is 18.2 Å². The van der Waals surface area contributed by atoms with Gasteiger partial charge in [0.25, 0.3) is 0 Å². The molecule has 3 N–H and O–H groups in total. The lowest BCUT2D eigenvalue weighted by Gasteiger charge is -2.23. The normalized spacial score (nSPS) is 14.1. The molecule has 146 valence electrons. The predicted octanol–water partition coefficient (Wildman–Crippen LogP) is 3.98. The number of para-hydroxylation sites is 1. The number of esters is 1. The Morgan fingerprint density at radius 2 is 1.52 bits per heavy atom. The van der Waals surface area contributed by atoms with Gasteiger partial charge in [0.05, 0.1) is 11.8 Å². The van der Waals surface area contributed by atoms with E-state index in [4.69, 9.17) is 19.0 Å². The van der Waals surface area contributed by atoms with Gasteiger partial charge < -0.3 is 13.8 Å². The molecule has 27 heavy (non-hydrogen) atoms. The average Bonchev–Trinajstić information content (AvgIpc) is 2.62. The van der Waals surface area contributed by atoms with Crippen LogP contribution >= 0.6 is 7.75 Å². The van der Waals surface area contributed by atoms with Gasteiger partial charge in [-0.25, -0.2) is 4.57 Å². The monoisotopic (exact) mass is 394 g/mol. The topological polar surface area (TPSA) is 106 Å². The largest absolute Gasteiger partial charge is 0.513 e. The van der Waals surface area contributed by atoms with Crippen molar-refractivity contribution >= 4 is 19.4 Å². The van der Waals surface area contributed by atoms with E-state index >= 15 is 0 Å². The number of ether oxygens (including phenoxy) is 1. The van der Waals surface area contributed by atoms with Crippen molar-refractivity contribution in [2.45, 2.75) is 32.9 Å². The van der Waals surface area contributed by atoms with E-state index in [0.717, 1.165) is 0 Å². The first-order valence-electron chi connectivity index (χ1n) is 8.34. The van der Waals surface area contributed by atoms with Gasteiger partial charge in [0.2, 0.25) is 0 Å². The molecule has 0 saturated heterocycles. The van der Waals surface area contributed by atoms with E-state index < -0.39 is 19.8 Å². The molecular weight excluding hydrogens is 371 g/mol. The highest BCUT2D eigenvalue weighted by Crippen LogP contribution is 2.45. The Morgan fingerprint density at radius 3 is 2.04 bits per heavy atom. The van der Waals surface area contributed by atoms with Crippen molar-refractivity contribution in [3.63, 3.8) is 0 Å². The van der Waals surface area contributed by atoms with Crippen molar-refractivity contribution < 1.29 is 28.4 Å². The highest BCUT2D eigenvalue weighted by atomic mass is 31.2. The van der Waals surface area contributed by atoms with Crippen LogP contribution in [0.3, 0.4) is 0 Å². The van der Waals surface area contributed by atoms with Crippen LogP contribution in [0.1, 0.15) is 20.8 Å². The molecule has 0 aromatic heterocycles. The number of carbonyl (C=O) groups is 1. The fourth-order valence-corrected chi connectivity index (χ4v) is 3.57. The van der Waals surface area contributed by atoms with Crippen LogP contribution < -0.4 is 19.6 Å². The molecule has 0 bridgehead atoms. The molecule has 0 fully saturated rings. The van der Waals surface area contributed by atoms with E-state index in [1.54, 1.807) is 44.2 Å². The maximum atomic E-state index is 13.3. The fraction of sp³-hybridized carbons (Fsp3) is 0.278. The summed E-state index contributed by atoms with van der Waals surface area (Å²) in [5.41, 5.74) is 2.42. The molecular formula is C18H23N2O6P. The Bertz CT molecular complexity index is 782. The zero-order valence-corrected chi connectivity index (χ0v) is 16.2. The number of rotatable bonds is 9. The van der Waals surface area contributed by atoms with Crippen molar-refractivity contribution in [3.05, 3.63) is 54.6 Å². The summed E-state index contributed by atoms with van der Waals surface area (Å²) in [7, 11) is -3.97. The number of hydrogen-bond donors (Lipinski definition) is 3. The predicted molar refractivity (Wildman–Crippen MR) is 101 cm³/mol. The fourth-order valence-electron chi connectivity index (χ4n) is 2.04. The van der Waals surface area contributed by atoms with Gasteiger partial charge in [-0.05, 0) is 57.2 Å². The van der Waals surface area contributed by atoms with Crippen molar-refractivity contribution in [3.8, 4) is 11.5 Å². The van der Waals surface area contributed by atoms with E-state index in [1.165, 1.54) is 31.2 Å². The first-order chi connectivity index (χ1) is 12.8. The molecule has 0 heterocycles. The van der Waals surface area contributed by atoms with Gasteiger partial charge >= 0.3 is 13.7 Å². The number of anilines is 1. The number of carbonyl (C=O) groups excluding carboxylic acids is 1. The molecule has 0 aliphatic rings. The van der Waals surface area contributed by atoms with Crippen LogP contribution in [-0.2, 0) is 14.1 Å². The first-order valence-corrected chi connectivity index (χ1v) is 9.88. The van der Waals surface area contributed by atoms with Crippen LogP contribution in [0.2, 0.25) is 0 Å². The highest BCUT2D eigenvalue weighted by Gasteiger charge is 2.34. The maximum Gasteiger partial charge on any atom is 0.513 e. The van der Waals surface area contributed by atoms with Gasteiger partial charge in [-0.2, -0.15) is 5.09 Å². The van der Waals surface area contributed by atoms with Crippen LogP contribution in [-0.4, -0.2) is 23.3 Å². The summed E-state index contributed by atoms with van der Waals surface area (Å²) in [6, 6.07) is 13.6. The second-order valence-electron chi connectivity index (χ2n) is 5.97. The smallest absolute Gasteiger partial charge is 0.462 e. The molecule has 2 aromatic carbocycles. The van der Waals surface area contributed by atoms with E-state index in [1.807, 2.05) is 5.48 Å². The zero-order chi connectivity index (χ0) is 19.9. The van der Waals surface area contributed by atoms with Gasteiger partial charge in [0.1, 0.15) is 17.5 Å². The average molecular weight is 394 g/mol. The molecule has 2 rings (SSSR count). The second kappa shape index (κ2) is 9.41. The summed E-state index contributed by atoms with van der Waals surface area (Å²) in [6.45, 7) is 4.95. The Morgan fingerprint density at radius 1 is 0.963 bits per heavy atom. The number of benzene rings is 2. The van der Waals surface area contributed by atoms with Gasteiger partial charge in [-0.15, -0.1) is 0 Å². The van der Waals surface area contributed by atoms with E-state index in [2.05, 4.69) is 5.09 Å². The summed E-state index contributed by atoms with van der Waals surface area (Å²) < 4.78 is 29.5. The molecule has 2 aromatic rings. The standard InChI is InChI=1S/C18H23N2O6P/c1-13(2)24-18(21)14(3)20-27(23,25-16-7-5-4-6-8-16)26-17-11-9-15(19-22)10-12-17/h4-14,19,22H,1-3H3,(H,20,23)/t14-,27?/m0/s1. The van der Waals surface area contributed by atoms with E-state index in [0.29, 0.717) is 11.4 Å². The summed E-state index contributed by atoms with van der Waals surface area (Å²) in [4.78, 5) is 12.1. The van der Waals surface area contributed by atoms with Crippen LogP contribution in [0, 0.1) is 0 Å². The van der Waals surface area contributed by atoms with Crippen LogP contribution in [0.5, 0.6) is 11.5 Å². The molecule has 0 amide bonds. The van der Waals surface area contributed by atoms with E-state index in [-0.39, 0.29) is 11.9 Å². The third-order valence-corrected chi connectivity index (χ3v) is 4.84. The van der Waals surface area contributed by atoms with Crippen molar-refractivity contribution in [2.75, 3.05) is 5.48 Å². The van der Waals surface area contributed by atoms with Crippen molar-refractivity contribution in [1.29, 1.82) is 0 Å². The Kier molecular flexibility index (Phi) is 7.24. The Balaban J connectivity index is 2.21. The molecule has 2 atom stereocenters. The molecule has 9 heteroatoms. The maximum absolute atomic E-state index is 13.3. The minimum Gasteiger partial charge on any atom is -0.462 e. The quantitative estimate of drug-likeness (QED) is 0.333. The minimum absolute atomic E-state index is 0.227.